The van der Waals surface area contributed by atoms with Crippen LogP contribution in [0.3, 0.4) is 0 Å². The molecule has 1 aliphatic rings. The summed E-state index contributed by atoms with van der Waals surface area (Å²) >= 11 is 0. The number of fused-ring (bicyclic) bond motifs is 1. The van der Waals surface area contributed by atoms with Gasteiger partial charge in [-0.05, 0) is 52.8 Å². The highest BCUT2D eigenvalue weighted by Crippen LogP contribution is 2.27. The fraction of sp³-hybridized carbons (Fsp3) is 0.407. The van der Waals surface area contributed by atoms with Gasteiger partial charge in [-0.25, -0.2) is 13.2 Å². The average Bonchev–Trinajstić information content (AvgIpc) is 3.26. The molecule has 2 heterocycles. The Balaban J connectivity index is 1.42. The van der Waals surface area contributed by atoms with Gasteiger partial charge >= 0.3 is 6.03 Å². The number of rotatable bonds is 4. The number of amides is 2. The number of aromatic amines is 1. The SMILES string of the molecule is CC(C)(C)c1ccc(NC(=O)N2CCc3cc(S(=O)(=O)Nc4cc(C(C)(C)C)n[nH]4)ccc3C2)cc1. The van der Waals surface area contributed by atoms with Crippen LogP contribution in [0.4, 0.5) is 16.3 Å². The summed E-state index contributed by atoms with van der Waals surface area (Å²) in [5, 5.41) is 9.94. The van der Waals surface area contributed by atoms with Crippen molar-refractivity contribution in [2.45, 2.75) is 70.2 Å². The lowest BCUT2D eigenvalue weighted by atomic mass is 9.87. The second-order valence-corrected chi connectivity index (χ2v) is 13.1. The maximum atomic E-state index is 13.0. The van der Waals surface area contributed by atoms with Crippen LogP contribution in [0.15, 0.2) is 53.4 Å². The van der Waals surface area contributed by atoms with Crippen molar-refractivity contribution in [3.63, 3.8) is 0 Å². The Morgan fingerprint density at radius 3 is 2.25 bits per heavy atom. The summed E-state index contributed by atoms with van der Waals surface area (Å²) in [6.07, 6.45) is 0.577. The molecule has 4 rings (SSSR count). The first-order valence-electron chi connectivity index (χ1n) is 12.1. The van der Waals surface area contributed by atoms with Crippen molar-refractivity contribution in [2.24, 2.45) is 0 Å². The molecule has 192 valence electrons. The standard InChI is InChI=1S/C27H35N5O3S/c1-26(2,3)20-8-10-21(11-9-20)28-25(33)32-14-13-18-15-22(12-7-19(18)17-32)36(34,35)31-24-16-23(29-30-24)27(4,5)6/h7-12,15-16H,13-14,17H2,1-6H3,(H,28,33)(H2,29,30,31). The molecule has 36 heavy (non-hydrogen) atoms. The number of benzene rings is 2. The van der Waals surface area contributed by atoms with E-state index in [0.29, 0.717) is 25.3 Å². The van der Waals surface area contributed by atoms with Crippen molar-refractivity contribution in [3.8, 4) is 0 Å². The number of nitrogens with zero attached hydrogens (tertiary/aromatic N) is 2. The summed E-state index contributed by atoms with van der Waals surface area (Å²) in [6.45, 7) is 13.4. The number of H-pyrrole nitrogens is 1. The van der Waals surface area contributed by atoms with Crippen LogP contribution in [-0.2, 0) is 33.8 Å². The number of urea groups is 1. The highest BCUT2D eigenvalue weighted by atomic mass is 32.2. The van der Waals surface area contributed by atoms with Crippen molar-refractivity contribution < 1.29 is 13.2 Å². The molecule has 0 saturated heterocycles. The van der Waals surface area contributed by atoms with E-state index in [2.05, 4.69) is 41.0 Å². The molecule has 1 aromatic heterocycles. The first-order valence-corrected chi connectivity index (χ1v) is 13.6. The number of aromatic nitrogens is 2. The minimum Gasteiger partial charge on any atom is -0.320 e. The molecule has 8 nitrogen and oxygen atoms in total. The molecule has 0 unspecified atom stereocenters. The lowest BCUT2D eigenvalue weighted by molar-refractivity contribution is 0.206. The topological polar surface area (TPSA) is 107 Å². The fourth-order valence-electron chi connectivity index (χ4n) is 4.09. The van der Waals surface area contributed by atoms with E-state index < -0.39 is 10.0 Å². The zero-order chi connectivity index (χ0) is 26.3. The van der Waals surface area contributed by atoms with E-state index in [1.807, 2.05) is 45.0 Å². The predicted molar refractivity (Wildman–Crippen MR) is 143 cm³/mol. The third kappa shape index (κ3) is 5.73. The molecule has 3 N–H and O–H groups in total. The number of hydrogen-bond acceptors (Lipinski definition) is 4. The summed E-state index contributed by atoms with van der Waals surface area (Å²) in [5.41, 5.74) is 4.45. The molecule has 9 heteroatoms. The summed E-state index contributed by atoms with van der Waals surface area (Å²) in [5.74, 6) is 0.330. The zero-order valence-corrected chi connectivity index (χ0v) is 22.6. The van der Waals surface area contributed by atoms with E-state index in [4.69, 9.17) is 0 Å². The van der Waals surface area contributed by atoms with Crippen molar-refractivity contribution in [1.29, 1.82) is 0 Å². The van der Waals surface area contributed by atoms with Crippen molar-refractivity contribution >= 4 is 27.6 Å². The summed E-state index contributed by atoms with van der Waals surface area (Å²) in [7, 11) is -3.78. The largest absolute Gasteiger partial charge is 0.322 e. The zero-order valence-electron chi connectivity index (χ0n) is 21.8. The molecule has 0 radical (unpaired) electrons. The van der Waals surface area contributed by atoms with Gasteiger partial charge in [0.1, 0.15) is 5.82 Å². The number of anilines is 2. The molecule has 2 aromatic carbocycles. The molecule has 0 aliphatic carbocycles. The van der Waals surface area contributed by atoms with Crippen LogP contribution >= 0.6 is 0 Å². The Morgan fingerprint density at radius 1 is 0.944 bits per heavy atom. The van der Waals surface area contributed by atoms with Crippen molar-refractivity contribution in [3.05, 3.63) is 70.9 Å². The summed E-state index contributed by atoms with van der Waals surface area (Å²) < 4.78 is 28.5. The van der Waals surface area contributed by atoms with Gasteiger partial charge in [-0.1, -0.05) is 59.7 Å². The maximum Gasteiger partial charge on any atom is 0.322 e. The van der Waals surface area contributed by atoms with Crippen LogP contribution < -0.4 is 10.0 Å². The van der Waals surface area contributed by atoms with E-state index in [0.717, 1.165) is 22.5 Å². The van der Waals surface area contributed by atoms with Gasteiger partial charge in [-0.15, -0.1) is 0 Å². The molecule has 2 amide bonds. The first kappa shape index (κ1) is 25.8. The maximum absolute atomic E-state index is 13.0. The third-order valence-electron chi connectivity index (χ3n) is 6.38. The van der Waals surface area contributed by atoms with E-state index in [1.54, 1.807) is 29.2 Å². The highest BCUT2D eigenvalue weighted by molar-refractivity contribution is 7.92. The number of carbonyl (C=O) groups excluding carboxylic acids is 1. The fourth-order valence-corrected chi connectivity index (χ4v) is 5.14. The normalized spacial score (nSPS) is 14.3. The Hall–Kier alpha value is -3.33. The first-order chi connectivity index (χ1) is 16.7. The molecule has 0 fully saturated rings. The number of carbonyl (C=O) groups is 1. The summed E-state index contributed by atoms with van der Waals surface area (Å²) in [4.78, 5) is 14.8. The lowest BCUT2D eigenvalue weighted by Crippen LogP contribution is -2.39. The average molecular weight is 510 g/mol. The lowest BCUT2D eigenvalue weighted by Gasteiger charge is -2.29. The molecule has 0 atom stereocenters. The quantitative estimate of drug-likeness (QED) is 0.438. The third-order valence-corrected chi connectivity index (χ3v) is 7.74. The highest BCUT2D eigenvalue weighted by Gasteiger charge is 2.25. The second-order valence-electron chi connectivity index (χ2n) is 11.4. The van der Waals surface area contributed by atoms with Crippen LogP contribution in [0.5, 0.6) is 0 Å². The van der Waals surface area contributed by atoms with Crippen LogP contribution in [0.25, 0.3) is 0 Å². The smallest absolute Gasteiger partial charge is 0.320 e. The van der Waals surface area contributed by atoms with Gasteiger partial charge < -0.3 is 10.2 Å². The van der Waals surface area contributed by atoms with Gasteiger partial charge in [0.2, 0.25) is 0 Å². The number of hydrogen-bond donors (Lipinski definition) is 3. The molecular formula is C27H35N5O3S. The Kier molecular flexibility index (Phi) is 6.64. The van der Waals surface area contributed by atoms with Crippen LogP contribution in [-0.4, -0.2) is 36.1 Å². The molecule has 0 bridgehead atoms. The molecule has 3 aromatic rings. The molecule has 0 spiro atoms. The van der Waals surface area contributed by atoms with Crippen molar-refractivity contribution in [2.75, 3.05) is 16.6 Å². The van der Waals surface area contributed by atoms with Gasteiger partial charge in [0.15, 0.2) is 0 Å². The summed E-state index contributed by atoms with van der Waals surface area (Å²) in [6, 6.07) is 14.5. The van der Waals surface area contributed by atoms with Crippen molar-refractivity contribution in [1.82, 2.24) is 15.1 Å². The molecular weight excluding hydrogens is 474 g/mol. The monoisotopic (exact) mass is 509 g/mol. The number of nitrogens with one attached hydrogen (secondary N) is 3. The van der Waals surface area contributed by atoms with E-state index >= 15 is 0 Å². The predicted octanol–water partition coefficient (Wildman–Crippen LogP) is 5.40. The van der Waals surface area contributed by atoms with E-state index in [-0.39, 0.29) is 21.8 Å². The van der Waals surface area contributed by atoms with Gasteiger partial charge in [-0.2, -0.15) is 5.10 Å². The molecule has 0 saturated carbocycles. The minimum absolute atomic E-state index is 0.0503. The Bertz CT molecular complexity index is 1360. The Labute approximate surface area is 213 Å². The van der Waals surface area contributed by atoms with Gasteiger partial charge in [0.05, 0.1) is 10.6 Å². The Morgan fingerprint density at radius 2 is 1.64 bits per heavy atom. The minimum atomic E-state index is -3.78. The molecule has 1 aliphatic heterocycles. The van der Waals surface area contributed by atoms with E-state index in [1.165, 1.54) is 5.56 Å². The van der Waals surface area contributed by atoms with E-state index in [9.17, 15) is 13.2 Å². The second kappa shape index (κ2) is 9.28. The van der Waals surface area contributed by atoms with Crippen LogP contribution in [0, 0.1) is 0 Å². The number of sulfonamides is 1. The van der Waals surface area contributed by atoms with Crippen LogP contribution in [0.2, 0.25) is 0 Å². The van der Waals surface area contributed by atoms with Gasteiger partial charge in [0, 0.05) is 30.3 Å². The van der Waals surface area contributed by atoms with Crippen LogP contribution in [0.1, 0.15) is 63.9 Å². The van der Waals surface area contributed by atoms with Gasteiger partial charge in [0.25, 0.3) is 10.0 Å². The van der Waals surface area contributed by atoms with Gasteiger partial charge in [-0.3, -0.25) is 9.82 Å².